The molecule has 0 aromatic heterocycles. The van der Waals surface area contributed by atoms with Gasteiger partial charge in [0.1, 0.15) is 5.75 Å². The number of benzene rings is 2. The van der Waals surface area contributed by atoms with Crippen molar-refractivity contribution in [3.63, 3.8) is 0 Å². The lowest BCUT2D eigenvalue weighted by Gasteiger charge is -2.27. The molecule has 1 aliphatic rings. The molecule has 0 aliphatic carbocycles. The van der Waals surface area contributed by atoms with E-state index in [1.165, 1.54) is 0 Å². The van der Waals surface area contributed by atoms with Gasteiger partial charge in [0.2, 0.25) is 0 Å². The fourth-order valence-electron chi connectivity index (χ4n) is 3.00. The minimum Gasteiger partial charge on any atom is -0.493 e. The van der Waals surface area contributed by atoms with E-state index in [1.54, 1.807) is 12.1 Å². The third-order valence-electron chi connectivity index (χ3n) is 4.56. The summed E-state index contributed by atoms with van der Waals surface area (Å²) in [4.78, 5) is 3.06. The Morgan fingerprint density at radius 3 is 2.54 bits per heavy atom. The van der Waals surface area contributed by atoms with E-state index in [4.69, 9.17) is 15.2 Å². The van der Waals surface area contributed by atoms with Gasteiger partial charge in [0.25, 0.3) is 0 Å². The molecule has 1 unspecified atom stereocenters. The molecule has 28 heavy (non-hydrogen) atoms. The largest absolute Gasteiger partial charge is 0.493 e. The summed E-state index contributed by atoms with van der Waals surface area (Å²) in [5.41, 5.74) is 6.45. The molecular formula is C21H29N3O3S. The summed E-state index contributed by atoms with van der Waals surface area (Å²) in [6.07, 6.45) is 0.572. The van der Waals surface area contributed by atoms with E-state index >= 15 is 0 Å². The van der Waals surface area contributed by atoms with Crippen molar-refractivity contribution in [3.05, 3.63) is 54.6 Å². The van der Waals surface area contributed by atoms with E-state index in [9.17, 15) is 4.21 Å². The third-order valence-corrected chi connectivity index (χ3v) is 6.87. The number of nitrogens with zero attached hydrogens (tertiary/aromatic N) is 1. The molecule has 152 valence electrons. The zero-order valence-corrected chi connectivity index (χ0v) is 16.9. The van der Waals surface area contributed by atoms with Crippen LogP contribution in [0.4, 0.5) is 5.69 Å². The van der Waals surface area contributed by atoms with Gasteiger partial charge >= 0.3 is 0 Å². The molecule has 1 saturated heterocycles. The Hall–Kier alpha value is -2.06. The van der Waals surface area contributed by atoms with Crippen LogP contribution >= 0.6 is 0 Å². The van der Waals surface area contributed by atoms with Gasteiger partial charge in [0, 0.05) is 43.2 Å². The van der Waals surface area contributed by atoms with Crippen LogP contribution < -0.4 is 15.2 Å². The summed E-state index contributed by atoms with van der Waals surface area (Å²) in [7, 11) is -2.51. The summed E-state index contributed by atoms with van der Waals surface area (Å²) in [6, 6.07) is 16.9. The normalized spacial score (nSPS) is 17.0. The second kappa shape index (κ2) is 10.5. The maximum Gasteiger partial charge on any atom is 0.119 e. The Bertz CT molecular complexity index is 828. The number of nitrogens with one attached hydrogen (secondary N) is 1. The van der Waals surface area contributed by atoms with Gasteiger partial charge in [0.05, 0.1) is 29.5 Å². The van der Waals surface area contributed by atoms with Crippen molar-refractivity contribution >= 4 is 20.8 Å². The van der Waals surface area contributed by atoms with Crippen molar-refractivity contribution in [2.75, 3.05) is 51.7 Å². The summed E-state index contributed by atoms with van der Waals surface area (Å²) < 4.78 is 28.0. The monoisotopic (exact) mass is 403 g/mol. The Kier molecular flexibility index (Phi) is 7.73. The first-order valence-corrected chi connectivity index (χ1v) is 11.2. The Balaban J connectivity index is 1.63. The molecule has 2 aromatic carbocycles. The fourth-order valence-corrected chi connectivity index (χ4v) is 4.84. The Morgan fingerprint density at radius 1 is 1.11 bits per heavy atom. The molecule has 1 atom stereocenters. The first kappa shape index (κ1) is 20.7. The zero-order chi connectivity index (χ0) is 19.7. The Morgan fingerprint density at radius 2 is 1.82 bits per heavy atom. The molecule has 1 fully saturated rings. The van der Waals surface area contributed by atoms with Crippen LogP contribution in [0.15, 0.2) is 59.5 Å². The van der Waals surface area contributed by atoms with Gasteiger partial charge in [-0.2, -0.15) is 0 Å². The lowest BCUT2D eigenvalue weighted by molar-refractivity contribution is 0.0390. The minimum atomic E-state index is -2.51. The maximum atomic E-state index is 13.6. The second-order valence-corrected chi connectivity index (χ2v) is 8.93. The predicted octanol–water partition coefficient (Wildman–Crippen LogP) is 2.02. The van der Waals surface area contributed by atoms with Crippen molar-refractivity contribution in [2.24, 2.45) is 0 Å². The van der Waals surface area contributed by atoms with Crippen molar-refractivity contribution in [1.82, 2.24) is 9.62 Å². The predicted molar refractivity (Wildman–Crippen MR) is 115 cm³/mol. The maximum absolute atomic E-state index is 13.6. The summed E-state index contributed by atoms with van der Waals surface area (Å²) in [6.45, 7) is 5.30. The molecule has 1 heterocycles. The van der Waals surface area contributed by atoms with Crippen LogP contribution in [-0.4, -0.2) is 60.5 Å². The first-order valence-electron chi connectivity index (χ1n) is 9.61. The van der Waals surface area contributed by atoms with E-state index in [-0.39, 0.29) is 0 Å². The number of rotatable bonds is 9. The van der Waals surface area contributed by atoms with E-state index in [2.05, 4.69) is 9.62 Å². The van der Waals surface area contributed by atoms with Crippen LogP contribution in [0.5, 0.6) is 5.75 Å². The number of ether oxygens (including phenoxy) is 2. The van der Waals surface area contributed by atoms with Crippen LogP contribution in [0.3, 0.4) is 0 Å². The number of anilines is 1. The van der Waals surface area contributed by atoms with Crippen molar-refractivity contribution < 1.29 is 13.7 Å². The smallest absolute Gasteiger partial charge is 0.119 e. The standard InChI is InChI=1S/C21H29N3O3S/c22-19-7-9-21(10-8-19)28(25,23-11-12-24-13-16-26-17-14-24)18-4-15-27-20-5-2-1-3-6-20/h1-3,5-10,18H,4,11-17,22H2,(H,23,25). The van der Waals surface area contributed by atoms with Gasteiger partial charge in [-0.15, -0.1) is 0 Å². The number of nitrogen functional groups attached to an aromatic ring is 1. The molecular weight excluding hydrogens is 374 g/mol. The quantitative estimate of drug-likeness (QED) is 0.381. The molecule has 6 nitrogen and oxygen atoms in total. The highest BCUT2D eigenvalue weighted by atomic mass is 32.2. The third kappa shape index (κ3) is 6.24. The number of morpholine rings is 1. The summed E-state index contributed by atoms with van der Waals surface area (Å²) >= 11 is 0. The first-order chi connectivity index (χ1) is 13.7. The summed E-state index contributed by atoms with van der Waals surface area (Å²) in [5, 5.41) is 1.83. The van der Waals surface area contributed by atoms with Gasteiger partial charge in [-0.05, 0) is 41.8 Å². The topological polar surface area (TPSA) is 76.8 Å². The molecule has 0 radical (unpaired) electrons. The van der Waals surface area contributed by atoms with E-state index in [1.807, 2.05) is 47.8 Å². The SMILES string of the molecule is Nc1ccc(S(=O)(=CCCOc2ccccc2)NCCN2CCOCC2)cc1. The van der Waals surface area contributed by atoms with Crippen molar-refractivity contribution in [3.8, 4) is 5.75 Å². The molecule has 0 spiro atoms. The molecule has 0 amide bonds. The van der Waals surface area contributed by atoms with Crippen molar-refractivity contribution in [2.45, 2.75) is 11.3 Å². The van der Waals surface area contributed by atoms with Crippen LogP contribution in [0, 0.1) is 0 Å². The number of hydrogen-bond donors (Lipinski definition) is 2. The average molecular weight is 404 g/mol. The second-order valence-electron chi connectivity index (χ2n) is 6.63. The number of hydrogen-bond acceptors (Lipinski definition) is 5. The molecule has 3 rings (SSSR count). The highest BCUT2D eigenvalue weighted by Crippen LogP contribution is 2.13. The lowest BCUT2D eigenvalue weighted by atomic mass is 10.3. The van der Waals surface area contributed by atoms with Gasteiger partial charge in [-0.1, -0.05) is 18.2 Å². The Labute approximate surface area is 167 Å². The van der Waals surface area contributed by atoms with Gasteiger partial charge in [-0.25, -0.2) is 8.93 Å². The van der Waals surface area contributed by atoms with E-state index in [0.29, 0.717) is 25.3 Å². The minimum absolute atomic E-state index is 0.473. The molecule has 2 aromatic rings. The van der Waals surface area contributed by atoms with Gasteiger partial charge in [0.15, 0.2) is 0 Å². The number of nitrogens with two attached hydrogens (primary N) is 1. The fraction of sp³-hybridized carbons (Fsp3) is 0.381. The van der Waals surface area contributed by atoms with Gasteiger partial charge < -0.3 is 15.2 Å². The van der Waals surface area contributed by atoms with E-state index in [0.717, 1.165) is 43.5 Å². The molecule has 7 heteroatoms. The summed E-state index contributed by atoms with van der Waals surface area (Å²) in [5.74, 6) is 0.815. The van der Waals surface area contributed by atoms with Crippen LogP contribution in [-0.2, 0) is 14.4 Å². The lowest BCUT2D eigenvalue weighted by Crippen LogP contribution is -2.41. The van der Waals surface area contributed by atoms with Crippen molar-refractivity contribution in [1.29, 1.82) is 0 Å². The van der Waals surface area contributed by atoms with Crippen LogP contribution in [0.25, 0.3) is 0 Å². The van der Waals surface area contributed by atoms with E-state index < -0.39 is 9.71 Å². The average Bonchev–Trinajstić information content (AvgIpc) is 2.73. The molecule has 0 saturated carbocycles. The van der Waals surface area contributed by atoms with Crippen LogP contribution in [0.1, 0.15) is 6.42 Å². The molecule has 0 bridgehead atoms. The van der Waals surface area contributed by atoms with Gasteiger partial charge in [-0.3, -0.25) is 4.90 Å². The number of para-hydroxylation sites is 1. The highest BCUT2D eigenvalue weighted by Gasteiger charge is 2.13. The highest BCUT2D eigenvalue weighted by molar-refractivity contribution is 7.99. The molecule has 1 aliphatic heterocycles. The van der Waals surface area contributed by atoms with Crippen LogP contribution in [0.2, 0.25) is 0 Å². The molecule has 3 N–H and O–H groups in total. The zero-order valence-electron chi connectivity index (χ0n) is 16.1.